The van der Waals surface area contributed by atoms with E-state index in [1.165, 1.54) is 0 Å². The zero-order valence-electron chi connectivity index (χ0n) is 21.5. The Bertz CT molecular complexity index is 1040. The lowest BCUT2D eigenvalue weighted by atomic mass is 9.96. The van der Waals surface area contributed by atoms with Crippen molar-refractivity contribution in [3.8, 4) is 28.4 Å². The molecule has 2 unspecified atom stereocenters. The van der Waals surface area contributed by atoms with Crippen LogP contribution in [0.25, 0.3) is 11.1 Å². The van der Waals surface area contributed by atoms with Crippen LogP contribution in [0.2, 0.25) is 0 Å². The maximum atomic E-state index is 13.3. The minimum atomic E-state index is -0.523. The second kappa shape index (κ2) is 11.8. The van der Waals surface area contributed by atoms with Crippen LogP contribution in [0.5, 0.6) is 17.2 Å². The molecule has 1 saturated heterocycles. The minimum absolute atomic E-state index is 0.0190. The van der Waals surface area contributed by atoms with Gasteiger partial charge in [0, 0.05) is 20.0 Å². The number of methoxy groups -OCH3 is 3. The number of unbranched alkanes of at least 4 members (excludes halogenated alkanes) is 1. The number of hydrogen-bond donors (Lipinski definition) is 0. The first-order chi connectivity index (χ1) is 16.9. The van der Waals surface area contributed by atoms with Crippen molar-refractivity contribution in [3.63, 3.8) is 0 Å². The number of amides is 2. The van der Waals surface area contributed by atoms with Gasteiger partial charge in [0.15, 0.2) is 11.5 Å². The Morgan fingerprint density at radius 1 is 0.886 bits per heavy atom. The molecule has 0 spiro atoms. The van der Waals surface area contributed by atoms with Crippen molar-refractivity contribution in [2.45, 2.75) is 45.2 Å². The van der Waals surface area contributed by atoms with Crippen LogP contribution in [0.3, 0.4) is 0 Å². The number of carbonyl (C=O) groups is 2. The normalized spacial score (nSPS) is 18.3. The van der Waals surface area contributed by atoms with Gasteiger partial charge >= 0.3 is 0 Å². The van der Waals surface area contributed by atoms with Crippen molar-refractivity contribution in [1.29, 1.82) is 0 Å². The molecule has 0 saturated carbocycles. The van der Waals surface area contributed by atoms with Crippen molar-refractivity contribution in [1.82, 2.24) is 9.80 Å². The molecule has 2 amide bonds. The van der Waals surface area contributed by atoms with Crippen LogP contribution in [0.4, 0.5) is 0 Å². The summed E-state index contributed by atoms with van der Waals surface area (Å²) in [5.41, 5.74) is 2.88. The minimum Gasteiger partial charge on any atom is -0.493 e. The van der Waals surface area contributed by atoms with E-state index >= 15 is 0 Å². The lowest BCUT2D eigenvalue weighted by Crippen LogP contribution is -2.63. The fraction of sp³-hybridized carbons (Fsp3) is 0.429. The van der Waals surface area contributed by atoms with Gasteiger partial charge < -0.3 is 24.0 Å². The number of likely N-dealkylation sites (N-methyl/N-ethyl adjacent to an activating group) is 1. The maximum absolute atomic E-state index is 13.3. The first kappa shape index (κ1) is 26.1. The van der Waals surface area contributed by atoms with E-state index in [1.807, 2.05) is 42.5 Å². The predicted octanol–water partition coefficient (Wildman–Crippen LogP) is 4.34. The Labute approximate surface area is 208 Å². The van der Waals surface area contributed by atoms with Crippen LogP contribution < -0.4 is 14.2 Å². The maximum Gasteiger partial charge on any atom is 0.246 e. The molecule has 7 heteroatoms. The summed E-state index contributed by atoms with van der Waals surface area (Å²) in [5, 5.41) is 0. The second-order valence-electron chi connectivity index (χ2n) is 8.71. The van der Waals surface area contributed by atoms with E-state index in [0.717, 1.165) is 29.5 Å². The third-order valence-electron chi connectivity index (χ3n) is 6.51. The van der Waals surface area contributed by atoms with Crippen LogP contribution in [0.1, 0.15) is 32.3 Å². The SMILES string of the molecule is CCC/C=C/CN1C(=O)C(Cc2ccc(-c3cc(OC)c(OC)c(OC)c3)cc2)N(C)C(=O)C1C. The Morgan fingerprint density at radius 2 is 1.51 bits per heavy atom. The molecule has 35 heavy (non-hydrogen) atoms. The van der Waals surface area contributed by atoms with E-state index in [2.05, 4.69) is 13.0 Å². The number of ether oxygens (including phenoxy) is 3. The summed E-state index contributed by atoms with van der Waals surface area (Å²) in [6.45, 7) is 4.36. The van der Waals surface area contributed by atoms with Crippen LogP contribution >= 0.6 is 0 Å². The molecule has 1 heterocycles. The van der Waals surface area contributed by atoms with Gasteiger partial charge in [0.25, 0.3) is 0 Å². The van der Waals surface area contributed by atoms with Gasteiger partial charge in [0.2, 0.25) is 17.6 Å². The smallest absolute Gasteiger partial charge is 0.246 e. The fourth-order valence-electron chi connectivity index (χ4n) is 4.38. The molecule has 0 aromatic heterocycles. The molecule has 1 fully saturated rings. The summed E-state index contributed by atoms with van der Waals surface area (Å²) in [5.74, 6) is 1.66. The molecule has 2 atom stereocenters. The summed E-state index contributed by atoms with van der Waals surface area (Å²) in [4.78, 5) is 29.4. The molecule has 0 aliphatic carbocycles. The Balaban J connectivity index is 1.81. The van der Waals surface area contributed by atoms with E-state index in [0.29, 0.717) is 30.2 Å². The molecule has 2 aromatic rings. The first-order valence-electron chi connectivity index (χ1n) is 12.0. The van der Waals surface area contributed by atoms with Gasteiger partial charge in [-0.3, -0.25) is 9.59 Å². The van der Waals surface area contributed by atoms with Crippen molar-refractivity contribution < 1.29 is 23.8 Å². The molecule has 1 aliphatic heterocycles. The van der Waals surface area contributed by atoms with Crippen LogP contribution in [-0.4, -0.2) is 68.6 Å². The molecule has 188 valence electrons. The first-order valence-corrected chi connectivity index (χ1v) is 12.0. The Morgan fingerprint density at radius 3 is 2.06 bits per heavy atom. The van der Waals surface area contributed by atoms with Gasteiger partial charge in [-0.25, -0.2) is 0 Å². The van der Waals surface area contributed by atoms with E-state index in [9.17, 15) is 9.59 Å². The highest BCUT2D eigenvalue weighted by atomic mass is 16.5. The summed E-state index contributed by atoms with van der Waals surface area (Å²) in [6, 6.07) is 10.8. The molecule has 7 nitrogen and oxygen atoms in total. The van der Waals surface area contributed by atoms with Gasteiger partial charge in [-0.05, 0) is 42.2 Å². The van der Waals surface area contributed by atoms with Crippen molar-refractivity contribution >= 4 is 11.8 Å². The van der Waals surface area contributed by atoms with E-state index in [1.54, 1.807) is 45.1 Å². The quantitative estimate of drug-likeness (QED) is 0.474. The average Bonchev–Trinajstić information content (AvgIpc) is 2.89. The monoisotopic (exact) mass is 480 g/mol. The molecule has 3 rings (SSSR count). The summed E-state index contributed by atoms with van der Waals surface area (Å²) < 4.78 is 16.4. The van der Waals surface area contributed by atoms with Gasteiger partial charge in [-0.1, -0.05) is 49.8 Å². The number of piperazine rings is 1. The zero-order chi connectivity index (χ0) is 25.5. The number of carbonyl (C=O) groups excluding carboxylic acids is 2. The summed E-state index contributed by atoms with van der Waals surface area (Å²) in [6.07, 6.45) is 6.53. The van der Waals surface area contributed by atoms with Gasteiger partial charge in [-0.15, -0.1) is 0 Å². The molecule has 0 radical (unpaired) electrons. The molecule has 2 aromatic carbocycles. The number of allylic oxidation sites excluding steroid dienone is 1. The van der Waals surface area contributed by atoms with Gasteiger partial charge in [0.05, 0.1) is 21.3 Å². The molecular formula is C28H36N2O5. The largest absolute Gasteiger partial charge is 0.493 e. The molecular weight excluding hydrogens is 444 g/mol. The topological polar surface area (TPSA) is 68.3 Å². The third-order valence-corrected chi connectivity index (χ3v) is 6.51. The van der Waals surface area contributed by atoms with Crippen LogP contribution in [0, 0.1) is 0 Å². The molecule has 0 bridgehead atoms. The highest BCUT2D eigenvalue weighted by Crippen LogP contribution is 2.41. The van der Waals surface area contributed by atoms with E-state index in [-0.39, 0.29) is 11.8 Å². The molecule has 1 aliphatic rings. The highest BCUT2D eigenvalue weighted by Gasteiger charge is 2.41. The lowest BCUT2D eigenvalue weighted by molar-refractivity contribution is -0.158. The number of rotatable bonds is 10. The average molecular weight is 481 g/mol. The van der Waals surface area contributed by atoms with Gasteiger partial charge in [-0.2, -0.15) is 0 Å². The van der Waals surface area contributed by atoms with E-state index in [4.69, 9.17) is 14.2 Å². The summed E-state index contributed by atoms with van der Waals surface area (Å²) >= 11 is 0. The predicted molar refractivity (Wildman–Crippen MR) is 137 cm³/mol. The van der Waals surface area contributed by atoms with Crippen molar-refractivity contribution in [2.75, 3.05) is 34.9 Å². The summed E-state index contributed by atoms with van der Waals surface area (Å²) in [7, 11) is 6.47. The van der Waals surface area contributed by atoms with Crippen molar-refractivity contribution in [2.24, 2.45) is 0 Å². The number of hydrogen-bond acceptors (Lipinski definition) is 5. The van der Waals surface area contributed by atoms with E-state index < -0.39 is 12.1 Å². The van der Waals surface area contributed by atoms with Crippen LogP contribution in [0.15, 0.2) is 48.6 Å². The second-order valence-corrected chi connectivity index (χ2v) is 8.71. The third kappa shape index (κ3) is 5.61. The number of nitrogens with zero attached hydrogens (tertiary/aromatic N) is 2. The number of benzene rings is 2. The fourth-order valence-corrected chi connectivity index (χ4v) is 4.38. The zero-order valence-corrected chi connectivity index (χ0v) is 21.5. The lowest BCUT2D eigenvalue weighted by Gasteiger charge is -2.42. The Hall–Kier alpha value is -3.48. The van der Waals surface area contributed by atoms with Crippen LogP contribution in [-0.2, 0) is 16.0 Å². The van der Waals surface area contributed by atoms with Crippen molar-refractivity contribution in [3.05, 3.63) is 54.1 Å². The standard InChI is InChI=1S/C28H36N2O5/c1-7-8-9-10-15-30-19(2)27(31)29(3)23(28(30)32)16-20-11-13-21(14-12-20)22-17-24(33-4)26(35-6)25(18-22)34-5/h9-14,17-19,23H,7-8,15-16H2,1-6H3/b10-9+. The molecule has 0 N–H and O–H groups in total. The van der Waals surface area contributed by atoms with Gasteiger partial charge in [0.1, 0.15) is 12.1 Å². The highest BCUT2D eigenvalue weighted by molar-refractivity contribution is 5.96. The Kier molecular flexibility index (Phi) is 8.79.